The number of hydrogen-bond donors (Lipinski definition) is 1. The van der Waals surface area contributed by atoms with E-state index in [0.717, 1.165) is 24.4 Å². The maximum absolute atomic E-state index is 9.29. The Hall–Kier alpha value is -2.74. The van der Waals surface area contributed by atoms with Crippen molar-refractivity contribution < 1.29 is 4.74 Å². The summed E-state index contributed by atoms with van der Waals surface area (Å²) >= 11 is 0. The van der Waals surface area contributed by atoms with Crippen LogP contribution in [0.2, 0.25) is 0 Å². The van der Waals surface area contributed by atoms with E-state index in [1.165, 1.54) is 0 Å². The van der Waals surface area contributed by atoms with Gasteiger partial charge in [0.05, 0.1) is 29.7 Å². The van der Waals surface area contributed by atoms with Crippen molar-refractivity contribution in [3.8, 4) is 11.8 Å². The molecule has 2 heterocycles. The average Bonchev–Trinajstić information content (AvgIpc) is 2.69. The average molecular weight is 266 g/mol. The van der Waals surface area contributed by atoms with E-state index in [1.807, 2.05) is 29.2 Å². The summed E-state index contributed by atoms with van der Waals surface area (Å²) in [5.41, 5.74) is 7.59. The first kappa shape index (κ1) is 12.3. The minimum atomic E-state index is 0.474. The molecule has 1 aromatic carbocycles. The van der Waals surface area contributed by atoms with Gasteiger partial charge in [0, 0.05) is 6.54 Å². The maximum Gasteiger partial charge on any atom is 0.151 e. The van der Waals surface area contributed by atoms with E-state index in [9.17, 15) is 5.26 Å². The molecule has 0 fully saturated rings. The van der Waals surface area contributed by atoms with E-state index >= 15 is 0 Å². The summed E-state index contributed by atoms with van der Waals surface area (Å²) in [6.45, 7) is 1.41. The van der Waals surface area contributed by atoms with E-state index in [4.69, 9.17) is 10.5 Å². The minimum Gasteiger partial charge on any atom is -0.491 e. The van der Waals surface area contributed by atoms with Crippen LogP contribution in [0.1, 0.15) is 12.0 Å². The number of aromatic nitrogens is 1. The topological polar surface area (TPSA) is 75.2 Å². The molecule has 3 rings (SSSR count). The zero-order chi connectivity index (χ0) is 13.9. The molecular weight excluding hydrogens is 252 g/mol. The Morgan fingerprint density at radius 2 is 2.20 bits per heavy atom. The number of nitriles is 1. The largest absolute Gasteiger partial charge is 0.491 e. The standard InChI is InChI=1S/C15H14N4O/c16-9-11-8-12(17)10-18-15(11)19-6-3-7-20-14-5-2-1-4-13(14)19/h1-2,4-5,8,10H,3,6-7,17H2. The van der Waals surface area contributed by atoms with E-state index in [-0.39, 0.29) is 0 Å². The zero-order valence-electron chi connectivity index (χ0n) is 10.9. The molecule has 0 aliphatic carbocycles. The molecule has 2 N–H and O–H groups in total. The fourth-order valence-electron chi connectivity index (χ4n) is 2.32. The molecule has 0 saturated heterocycles. The Morgan fingerprint density at radius 3 is 3.05 bits per heavy atom. The van der Waals surface area contributed by atoms with Gasteiger partial charge in [0.1, 0.15) is 11.8 Å². The molecule has 0 radical (unpaired) electrons. The van der Waals surface area contributed by atoms with Crippen LogP contribution in [0, 0.1) is 11.3 Å². The first-order valence-electron chi connectivity index (χ1n) is 6.44. The summed E-state index contributed by atoms with van der Waals surface area (Å²) in [6.07, 6.45) is 2.44. The Balaban J connectivity index is 2.13. The second kappa shape index (κ2) is 5.10. The first-order valence-corrected chi connectivity index (χ1v) is 6.44. The summed E-state index contributed by atoms with van der Waals surface area (Å²) in [7, 11) is 0. The van der Waals surface area contributed by atoms with Gasteiger partial charge >= 0.3 is 0 Å². The summed E-state index contributed by atoms with van der Waals surface area (Å²) in [5, 5.41) is 9.29. The van der Waals surface area contributed by atoms with Crippen molar-refractivity contribution in [3.63, 3.8) is 0 Å². The Labute approximate surface area is 117 Å². The maximum atomic E-state index is 9.29. The van der Waals surface area contributed by atoms with Crippen LogP contribution in [0.15, 0.2) is 36.5 Å². The van der Waals surface area contributed by atoms with Gasteiger partial charge in [-0.2, -0.15) is 5.26 Å². The summed E-state index contributed by atoms with van der Waals surface area (Å²) in [4.78, 5) is 6.35. The third kappa shape index (κ3) is 2.12. The lowest BCUT2D eigenvalue weighted by molar-refractivity contribution is 0.322. The van der Waals surface area contributed by atoms with Crippen LogP contribution in [-0.4, -0.2) is 18.1 Å². The summed E-state index contributed by atoms with van der Waals surface area (Å²) in [6, 6.07) is 11.6. The van der Waals surface area contributed by atoms with E-state index in [0.29, 0.717) is 23.7 Å². The molecule has 20 heavy (non-hydrogen) atoms. The molecule has 0 saturated carbocycles. The lowest BCUT2D eigenvalue weighted by atomic mass is 10.2. The monoisotopic (exact) mass is 266 g/mol. The molecule has 0 atom stereocenters. The van der Waals surface area contributed by atoms with Crippen molar-refractivity contribution in [1.29, 1.82) is 5.26 Å². The second-order valence-corrected chi connectivity index (χ2v) is 4.57. The smallest absolute Gasteiger partial charge is 0.151 e. The fourth-order valence-corrected chi connectivity index (χ4v) is 2.32. The van der Waals surface area contributed by atoms with Crippen LogP contribution in [0.4, 0.5) is 17.2 Å². The number of hydrogen-bond acceptors (Lipinski definition) is 5. The summed E-state index contributed by atoms with van der Waals surface area (Å²) < 4.78 is 5.72. The van der Waals surface area contributed by atoms with Crippen molar-refractivity contribution in [3.05, 3.63) is 42.1 Å². The highest BCUT2D eigenvalue weighted by molar-refractivity contribution is 5.72. The van der Waals surface area contributed by atoms with Crippen LogP contribution in [0.25, 0.3) is 0 Å². The number of pyridine rings is 1. The van der Waals surface area contributed by atoms with Crippen LogP contribution in [0.3, 0.4) is 0 Å². The van der Waals surface area contributed by atoms with Crippen molar-refractivity contribution in [1.82, 2.24) is 4.98 Å². The lowest BCUT2D eigenvalue weighted by Crippen LogP contribution is -2.20. The quantitative estimate of drug-likeness (QED) is 0.858. The Morgan fingerprint density at radius 1 is 1.35 bits per heavy atom. The highest BCUT2D eigenvalue weighted by atomic mass is 16.5. The first-order chi connectivity index (χ1) is 9.79. The molecular formula is C15H14N4O. The highest BCUT2D eigenvalue weighted by Gasteiger charge is 2.21. The molecule has 2 aromatic rings. The molecule has 100 valence electrons. The van der Waals surface area contributed by atoms with Gasteiger partial charge in [0.25, 0.3) is 0 Å². The number of nitrogen functional groups attached to an aromatic ring is 1. The number of rotatable bonds is 1. The van der Waals surface area contributed by atoms with Gasteiger partial charge in [-0.3, -0.25) is 0 Å². The molecule has 0 bridgehead atoms. The van der Waals surface area contributed by atoms with Gasteiger partial charge in [-0.1, -0.05) is 12.1 Å². The van der Waals surface area contributed by atoms with Gasteiger partial charge in [-0.25, -0.2) is 4.98 Å². The predicted molar refractivity (Wildman–Crippen MR) is 76.9 cm³/mol. The fraction of sp³-hybridized carbons (Fsp3) is 0.200. The molecule has 0 unspecified atom stereocenters. The number of nitrogens with two attached hydrogens (primary N) is 1. The number of anilines is 3. The third-order valence-electron chi connectivity index (χ3n) is 3.20. The SMILES string of the molecule is N#Cc1cc(N)cnc1N1CCCOc2ccccc21. The number of benzene rings is 1. The van der Waals surface area contributed by atoms with Gasteiger partial charge in [0.2, 0.25) is 0 Å². The van der Waals surface area contributed by atoms with E-state index in [1.54, 1.807) is 12.3 Å². The number of fused-ring (bicyclic) bond motifs is 1. The van der Waals surface area contributed by atoms with Gasteiger partial charge in [-0.15, -0.1) is 0 Å². The van der Waals surface area contributed by atoms with Crippen LogP contribution in [-0.2, 0) is 0 Å². The van der Waals surface area contributed by atoms with Crippen LogP contribution >= 0.6 is 0 Å². The molecule has 5 nitrogen and oxygen atoms in total. The van der Waals surface area contributed by atoms with Crippen LogP contribution in [0.5, 0.6) is 5.75 Å². The zero-order valence-corrected chi connectivity index (χ0v) is 10.9. The van der Waals surface area contributed by atoms with Crippen molar-refractivity contribution in [2.24, 2.45) is 0 Å². The second-order valence-electron chi connectivity index (χ2n) is 4.57. The Bertz CT molecular complexity index is 678. The number of ether oxygens (including phenoxy) is 1. The normalized spacial score (nSPS) is 13.8. The molecule has 1 aliphatic rings. The predicted octanol–water partition coefficient (Wildman–Crippen LogP) is 2.46. The highest BCUT2D eigenvalue weighted by Crippen LogP contribution is 2.36. The summed E-state index contributed by atoms with van der Waals surface area (Å²) in [5.74, 6) is 1.44. The molecule has 0 spiro atoms. The van der Waals surface area contributed by atoms with Gasteiger partial charge in [-0.05, 0) is 24.6 Å². The molecule has 1 aromatic heterocycles. The van der Waals surface area contributed by atoms with Gasteiger partial charge in [0.15, 0.2) is 5.82 Å². The van der Waals surface area contributed by atoms with Crippen molar-refractivity contribution in [2.75, 3.05) is 23.8 Å². The molecule has 0 amide bonds. The minimum absolute atomic E-state index is 0.474. The third-order valence-corrected chi connectivity index (χ3v) is 3.20. The number of para-hydroxylation sites is 2. The number of nitrogens with zero attached hydrogens (tertiary/aromatic N) is 3. The van der Waals surface area contributed by atoms with Crippen LogP contribution < -0.4 is 15.4 Å². The van der Waals surface area contributed by atoms with E-state index in [2.05, 4.69) is 11.1 Å². The Kier molecular flexibility index (Phi) is 3.13. The van der Waals surface area contributed by atoms with Gasteiger partial charge < -0.3 is 15.4 Å². The van der Waals surface area contributed by atoms with Crippen molar-refractivity contribution in [2.45, 2.75) is 6.42 Å². The van der Waals surface area contributed by atoms with Crippen molar-refractivity contribution >= 4 is 17.2 Å². The molecule has 1 aliphatic heterocycles. The van der Waals surface area contributed by atoms with E-state index < -0.39 is 0 Å². The lowest BCUT2D eigenvalue weighted by Gasteiger charge is -2.23. The molecule has 5 heteroatoms.